The van der Waals surface area contributed by atoms with E-state index < -0.39 is 17.9 Å². The SMILES string of the molecule is COc1ccc(CN2C(=O)c3ccccc3[C@H](C(=O)O)[C@H]2c2ccc(OC)cc2)cc1. The standard InChI is InChI=1S/C25H23NO5/c1-30-18-11-7-16(8-12-18)15-26-23(17-9-13-19(31-2)14-10-17)22(25(28)29)20-5-3-4-6-21(20)24(26)27/h3-14,22-23H,15H2,1-2H3,(H,28,29)/t22-,23+/m0/s1. The first-order chi connectivity index (χ1) is 15.0. The second-order valence-electron chi connectivity index (χ2n) is 7.40. The highest BCUT2D eigenvalue weighted by Crippen LogP contribution is 2.43. The zero-order chi connectivity index (χ0) is 22.0. The number of hydrogen-bond acceptors (Lipinski definition) is 4. The minimum atomic E-state index is -0.972. The third kappa shape index (κ3) is 3.84. The van der Waals surface area contributed by atoms with Gasteiger partial charge in [-0.2, -0.15) is 0 Å². The number of benzene rings is 3. The summed E-state index contributed by atoms with van der Waals surface area (Å²) in [6.45, 7) is 0.275. The van der Waals surface area contributed by atoms with Gasteiger partial charge in [0.15, 0.2) is 0 Å². The van der Waals surface area contributed by atoms with Gasteiger partial charge in [0.2, 0.25) is 0 Å². The molecule has 31 heavy (non-hydrogen) atoms. The summed E-state index contributed by atoms with van der Waals surface area (Å²) in [6.07, 6.45) is 0. The molecule has 1 amide bonds. The number of fused-ring (bicyclic) bond motifs is 1. The first-order valence-corrected chi connectivity index (χ1v) is 9.93. The topological polar surface area (TPSA) is 76.1 Å². The van der Waals surface area contributed by atoms with Gasteiger partial charge in [0.1, 0.15) is 17.4 Å². The van der Waals surface area contributed by atoms with Crippen LogP contribution in [-0.2, 0) is 11.3 Å². The molecule has 0 bridgehead atoms. The minimum absolute atomic E-state index is 0.190. The summed E-state index contributed by atoms with van der Waals surface area (Å²) < 4.78 is 10.5. The molecule has 0 spiro atoms. The number of carbonyl (C=O) groups is 2. The lowest BCUT2D eigenvalue weighted by Crippen LogP contribution is -2.44. The zero-order valence-electron chi connectivity index (χ0n) is 17.3. The highest BCUT2D eigenvalue weighted by Gasteiger charge is 2.44. The second-order valence-corrected chi connectivity index (χ2v) is 7.40. The number of carboxylic acids is 1. The number of methoxy groups -OCH3 is 2. The summed E-state index contributed by atoms with van der Waals surface area (Å²) in [5, 5.41) is 10.2. The fraction of sp³-hybridized carbons (Fsp3) is 0.200. The van der Waals surface area contributed by atoms with Crippen molar-refractivity contribution < 1.29 is 24.2 Å². The summed E-state index contributed by atoms with van der Waals surface area (Å²) in [5.41, 5.74) is 2.58. The summed E-state index contributed by atoms with van der Waals surface area (Å²) in [6, 6.07) is 20.9. The maximum absolute atomic E-state index is 13.5. The molecule has 0 saturated carbocycles. The van der Waals surface area contributed by atoms with Crippen molar-refractivity contribution in [1.29, 1.82) is 0 Å². The van der Waals surface area contributed by atoms with Crippen LogP contribution in [0, 0.1) is 0 Å². The highest BCUT2D eigenvalue weighted by atomic mass is 16.5. The van der Waals surface area contributed by atoms with Crippen molar-refractivity contribution in [2.45, 2.75) is 18.5 Å². The Morgan fingerprint density at radius 2 is 1.48 bits per heavy atom. The molecule has 158 valence electrons. The molecule has 0 aliphatic carbocycles. The molecule has 3 aromatic rings. The van der Waals surface area contributed by atoms with Crippen LogP contribution >= 0.6 is 0 Å². The van der Waals surface area contributed by atoms with Crippen molar-refractivity contribution in [3.63, 3.8) is 0 Å². The van der Waals surface area contributed by atoms with Gasteiger partial charge < -0.3 is 19.5 Å². The van der Waals surface area contributed by atoms with Crippen LogP contribution in [-0.4, -0.2) is 36.1 Å². The second kappa shape index (κ2) is 8.52. The lowest BCUT2D eigenvalue weighted by atomic mass is 9.79. The van der Waals surface area contributed by atoms with E-state index in [0.29, 0.717) is 22.6 Å². The molecule has 4 rings (SSSR count). The van der Waals surface area contributed by atoms with Gasteiger partial charge in [-0.1, -0.05) is 42.5 Å². The van der Waals surface area contributed by atoms with Crippen molar-refractivity contribution in [2.24, 2.45) is 0 Å². The molecule has 1 aliphatic heterocycles. The van der Waals surface area contributed by atoms with Gasteiger partial charge in [-0.25, -0.2) is 0 Å². The van der Waals surface area contributed by atoms with Gasteiger partial charge in [0.25, 0.3) is 5.91 Å². The van der Waals surface area contributed by atoms with E-state index in [2.05, 4.69) is 0 Å². The average molecular weight is 417 g/mol. The van der Waals surface area contributed by atoms with Crippen molar-refractivity contribution >= 4 is 11.9 Å². The molecule has 0 radical (unpaired) electrons. The van der Waals surface area contributed by atoms with Gasteiger partial charge in [-0.05, 0) is 47.0 Å². The van der Waals surface area contributed by atoms with E-state index in [1.54, 1.807) is 55.5 Å². The number of carbonyl (C=O) groups excluding carboxylic acids is 1. The molecule has 1 N–H and O–H groups in total. The quantitative estimate of drug-likeness (QED) is 0.648. The number of aliphatic carboxylic acids is 1. The van der Waals surface area contributed by atoms with Crippen LogP contribution in [0.1, 0.15) is 39.0 Å². The molecular formula is C25H23NO5. The van der Waals surface area contributed by atoms with E-state index in [9.17, 15) is 14.7 Å². The number of hydrogen-bond donors (Lipinski definition) is 1. The van der Waals surface area contributed by atoms with Gasteiger partial charge >= 0.3 is 5.97 Å². The molecule has 6 heteroatoms. The van der Waals surface area contributed by atoms with E-state index in [-0.39, 0.29) is 12.5 Å². The first kappa shape index (κ1) is 20.5. The van der Waals surface area contributed by atoms with Gasteiger partial charge in [0, 0.05) is 12.1 Å². The first-order valence-electron chi connectivity index (χ1n) is 9.93. The number of ether oxygens (including phenoxy) is 2. The van der Waals surface area contributed by atoms with Crippen molar-refractivity contribution in [2.75, 3.05) is 14.2 Å². The Kier molecular flexibility index (Phi) is 5.62. The number of nitrogens with zero attached hydrogens (tertiary/aromatic N) is 1. The minimum Gasteiger partial charge on any atom is -0.497 e. The van der Waals surface area contributed by atoms with Crippen LogP contribution in [0.5, 0.6) is 11.5 Å². The molecule has 0 unspecified atom stereocenters. The maximum Gasteiger partial charge on any atom is 0.313 e. The van der Waals surface area contributed by atoms with Crippen LogP contribution in [0.25, 0.3) is 0 Å². The predicted octanol–water partition coefficient (Wildman–Crippen LogP) is 4.27. The van der Waals surface area contributed by atoms with Crippen LogP contribution in [0.2, 0.25) is 0 Å². The summed E-state index contributed by atoms with van der Waals surface area (Å²) >= 11 is 0. The molecule has 0 fully saturated rings. The molecule has 0 saturated heterocycles. The highest BCUT2D eigenvalue weighted by molar-refractivity contribution is 6.00. The van der Waals surface area contributed by atoms with Crippen LogP contribution in [0.4, 0.5) is 0 Å². The van der Waals surface area contributed by atoms with Crippen LogP contribution in [0.15, 0.2) is 72.8 Å². The van der Waals surface area contributed by atoms with Gasteiger partial charge in [0.05, 0.1) is 20.3 Å². The number of carboxylic acid groups (broad SMARTS) is 1. The molecule has 1 heterocycles. The van der Waals surface area contributed by atoms with Crippen molar-refractivity contribution in [1.82, 2.24) is 4.90 Å². The van der Waals surface area contributed by atoms with Crippen molar-refractivity contribution in [3.05, 3.63) is 95.1 Å². The number of rotatable bonds is 6. The fourth-order valence-corrected chi connectivity index (χ4v) is 4.13. The Hall–Kier alpha value is -3.80. The van der Waals surface area contributed by atoms with Gasteiger partial charge in [-0.15, -0.1) is 0 Å². The number of amides is 1. The zero-order valence-corrected chi connectivity index (χ0v) is 17.3. The molecule has 0 aromatic heterocycles. The van der Waals surface area contributed by atoms with E-state index >= 15 is 0 Å². The largest absolute Gasteiger partial charge is 0.497 e. The summed E-state index contributed by atoms with van der Waals surface area (Å²) in [7, 11) is 3.17. The lowest BCUT2D eigenvalue weighted by Gasteiger charge is -2.41. The predicted molar refractivity (Wildman–Crippen MR) is 115 cm³/mol. The van der Waals surface area contributed by atoms with Crippen LogP contribution in [0.3, 0.4) is 0 Å². The molecule has 3 aromatic carbocycles. The fourth-order valence-electron chi connectivity index (χ4n) is 4.13. The Bertz CT molecular complexity index is 1090. The lowest BCUT2D eigenvalue weighted by molar-refractivity contribution is -0.140. The van der Waals surface area contributed by atoms with Gasteiger partial charge in [-0.3, -0.25) is 9.59 Å². The Morgan fingerprint density at radius 3 is 2.06 bits per heavy atom. The Morgan fingerprint density at radius 1 is 0.903 bits per heavy atom. The molecule has 2 atom stereocenters. The van der Waals surface area contributed by atoms with Crippen LogP contribution < -0.4 is 9.47 Å². The van der Waals surface area contributed by atoms with Crippen molar-refractivity contribution in [3.8, 4) is 11.5 Å². The van der Waals surface area contributed by atoms with E-state index in [4.69, 9.17) is 9.47 Å². The van der Waals surface area contributed by atoms with E-state index in [0.717, 1.165) is 11.1 Å². The smallest absolute Gasteiger partial charge is 0.313 e. The van der Waals surface area contributed by atoms with E-state index in [1.807, 2.05) is 36.4 Å². The maximum atomic E-state index is 13.5. The summed E-state index contributed by atoms with van der Waals surface area (Å²) in [4.78, 5) is 27.6. The third-order valence-electron chi connectivity index (χ3n) is 5.67. The third-order valence-corrected chi connectivity index (χ3v) is 5.67. The molecule has 6 nitrogen and oxygen atoms in total. The van der Waals surface area contributed by atoms with E-state index in [1.165, 1.54) is 0 Å². The Labute approximate surface area is 180 Å². The molecule has 1 aliphatic rings. The average Bonchev–Trinajstić information content (AvgIpc) is 2.81. The summed E-state index contributed by atoms with van der Waals surface area (Å²) in [5.74, 6) is -0.667. The normalized spacial score (nSPS) is 17.7. The molecular weight excluding hydrogens is 394 g/mol. The Balaban J connectivity index is 1.83. The monoisotopic (exact) mass is 417 g/mol.